The third-order valence-electron chi connectivity index (χ3n) is 3.56. The summed E-state index contributed by atoms with van der Waals surface area (Å²) in [4.78, 5) is 19.8. The Hall–Kier alpha value is -3.10. The van der Waals surface area contributed by atoms with Crippen LogP contribution in [0, 0.1) is 18.6 Å². The summed E-state index contributed by atoms with van der Waals surface area (Å²) in [5.41, 5.74) is -0.273. The Morgan fingerprint density at radius 2 is 1.96 bits per heavy atom. The van der Waals surface area contributed by atoms with Gasteiger partial charge in [-0.2, -0.15) is 4.98 Å². The smallest absolute Gasteiger partial charge is 0.228 e. The van der Waals surface area contributed by atoms with Crippen LogP contribution in [0.25, 0.3) is 11.3 Å². The first kappa shape index (κ1) is 17.7. The van der Waals surface area contributed by atoms with Gasteiger partial charge in [0, 0.05) is 25.8 Å². The molecule has 0 aliphatic rings. The van der Waals surface area contributed by atoms with Crippen LogP contribution in [0.2, 0.25) is 0 Å². The second kappa shape index (κ2) is 7.85. The fraction of sp³-hybridized carbons (Fsp3) is 0.294. The van der Waals surface area contributed by atoms with Gasteiger partial charge >= 0.3 is 0 Å². The zero-order valence-electron chi connectivity index (χ0n) is 14.0. The lowest BCUT2D eigenvalue weighted by atomic mass is 10.1. The Balaban J connectivity index is 1.49. The number of aryl methyl sites for hydroxylation is 2. The molecule has 1 amide bonds. The lowest BCUT2D eigenvalue weighted by molar-refractivity contribution is -0.121. The molecule has 0 aliphatic heterocycles. The maximum atomic E-state index is 13.7. The topological polar surface area (TPSA) is 94.1 Å². The number of rotatable bonds is 7. The fourth-order valence-corrected chi connectivity index (χ4v) is 2.33. The average molecular weight is 362 g/mol. The first-order chi connectivity index (χ1) is 12.5. The molecule has 2 aromatic heterocycles. The summed E-state index contributed by atoms with van der Waals surface area (Å²) < 4.78 is 37.8. The molecule has 0 saturated carbocycles. The van der Waals surface area contributed by atoms with Gasteiger partial charge in [-0.1, -0.05) is 11.2 Å². The molecule has 0 bridgehead atoms. The van der Waals surface area contributed by atoms with Gasteiger partial charge in [0.2, 0.25) is 11.8 Å². The number of nitrogens with zero attached hydrogens (tertiary/aromatic N) is 3. The Morgan fingerprint density at radius 1 is 1.19 bits per heavy atom. The number of carbonyl (C=O) groups excluding carboxylic acids is 1. The number of nitrogens with one attached hydrogen (secondary N) is 1. The molecule has 26 heavy (non-hydrogen) atoms. The van der Waals surface area contributed by atoms with Crippen molar-refractivity contribution in [1.29, 1.82) is 0 Å². The molecular formula is C17H16F2N4O3. The van der Waals surface area contributed by atoms with Gasteiger partial charge in [0.1, 0.15) is 11.6 Å². The lowest BCUT2D eigenvalue weighted by Gasteiger charge is -2.02. The van der Waals surface area contributed by atoms with Gasteiger partial charge in [0.15, 0.2) is 17.5 Å². The Bertz CT molecular complexity index is 887. The predicted molar refractivity (Wildman–Crippen MR) is 85.9 cm³/mol. The SMILES string of the molecule is Cc1noc(CCNC(=O)CCc2ncc(-c3c(F)cccc3F)o2)n1. The molecule has 0 saturated heterocycles. The van der Waals surface area contributed by atoms with Crippen LogP contribution in [0.3, 0.4) is 0 Å². The zero-order chi connectivity index (χ0) is 18.5. The van der Waals surface area contributed by atoms with Gasteiger partial charge in [-0.15, -0.1) is 0 Å². The van der Waals surface area contributed by atoms with Crippen molar-refractivity contribution >= 4 is 5.91 Å². The average Bonchev–Trinajstić information content (AvgIpc) is 3.22. The number of oxazole rings is 1. The summed E-state index contributed by atoms with van der Waals surface area (Å²) >= 11 is 0. The van der Waals surface area contributed by atoms with E-state index in [9.17, 15) is 13.6 Å². The minimum Gasteiger partial charge on any atom is -0.441 e. The first-order valence-electron chi connectivity index (χ1n) is 7.98. The number of halogens is 2. The van der Waals surface area contributed by atoms with E-state index >= 15 is 0 Å². The maximum Gasteiger partial charge on any atom is 0.228 e. The molecule has 3 aromatic rings. The van der Waals surface area contributed by atoms with Crippen molar-refractivity contribution in [1.82, 2.24) is 20.4 Å². The van der Waals surface area contributed by atoms with Crippen LogP contribution >= 0.6 is 0 Å². The predicted octanol–water partition coefficient (Wildman–Crippen LogP) is 2.60. The van der Waals surface area contributed by atoms with Gasteiger partial charge in [-0.25, -0.2) is 13.8 Å². The van der Waals surface area contributed by atoms with Crippen molar-refractivity contribution < 1.29 is 22.5 Å². The van der Waals surface area contributed by atoms with Crippen LogP contribution in [0.1, 0.15) is 24.0 Å². The van der Waals surface area contributed by atoms with Gasteiger partial charge in [0.25, 0.3) is 0 Å². The van der Waals surface area contributed by atoms with E-state index in [1.165, 1.54) is 12.3 Å². The van der Waals surface area contributed by atoms with E-state index in [-0.39, 0.29) is 36.0 Å². The molecular weight excluding hydrogens is 346 g/mol. The molecule has 1 aromatic carbocycles. The zero-order valence-corrected chi connectivity index (χ0v) is 14.0. The van der Waals surface area contributed by atoms with Crippen LogP contribution in [0.5, 0.6) is 0 Å². The number of hydrogen-bond acceptors (Lipinski definition) is 6. The van der Waals surface area contributed by atoms with E-state index in [1.54, 1.807) is 6.92 Å². The number of aromatic nitrogens is 3. The molecule has 0 unspecified atom stereocenters. The highest BCUT2D eigenvalue weighted by Crippen LogP contribution is 2.26. The summed E-state index contributed by atoms with van der Waals surface area (Å²) in [7, 11) is 0. The lowest BCUT2D eigenvalue weighted by Crippen LogP contribution is -2.26. The Labute approximate surface area is 147 Å². The summed E-state index contributed by atoms with van der Waals surface area (Å²) in [6.45, 7) is 2.07. The summed E-state index contributed by atoms with van der Waals surface area (Å²) in [6, 6.07) is 3.54. The van der Waals surface area contributed by atoms with E-state index in [2.05, 4.69) is 20.4 Å². The maximum absolute atomic E-state index is 13.7. The number of carbonyl (C=O) groups is 1. The highest BCUT2D eigenvalue weighted by atomic mass is 19.1. The van der Waals surface area contributed by atoms with E-state index in [0.29, 0.717) is 24.7 Å². The third kappa shape index (κ3) is 4.29. The number of amides is 1. The number of benzene rings is 1. The monoisotopic (exact) mass is 362 g/mol. The Morgan fingerprint density at radius 3 is 2.65 bits per heavy atom. The van der Waals surface area contributed by atoms with E-state index in [4.69, 9.17) is 8.94 Å². The summed E-state index contributed by atoms with van der Waals surface area (Å²) in [6.07, 6.45) is 2.01. The van der Waals surface area contributed by atoms with Crippen molar-refractivity contribution in [3.63, 3.8) is 0 Å². The highest BCUT2D eigenvalue weighted by Gasteiger charge is 2.16. The van der Waals surface area contributed by atoms with Gasteiger partial charge < -0.3 is 14.3 Å². The molecule has 136 valence electrons. The van der Waals surface area contributed by atoms with Crippen LogP contribution in [-0.2, 0) is 17.6 Å². The van der Waals surface area contributed by atoms with Gasteiger partial charge in [-0.3, -0.25) is 4.79 Å². The van der Waals surface area contributed by atoms with E-state index in [1.807, 2.05) is 0 Å². The molecule has 2 heterocycles. The quantitative estimate of drug-likeness (QED) is 0.694. The van der Waals surface area contributed by atoms with Crippen LogP contribution in [0.4, 0.5) is 8.78 Å². The standard InChI is InChI=1S/C17H16F2N4O3/c1-10-22-16(26-23-10)7-8-20-14(24)5-6-15-21-9-13(25-15)17-11(18)3-2-4-12(17)19/h2-4,9H,5-8H2,1H3,(H,20,24). The first-order valence-corrected chi connectivity index (χ1v) is 7.98. The second-order valence-corrected chi connectivity index (χ2v) is 5.55. The minimum absolute atomic E-state index is 0.0113. The molecule has 0 atom stereocenters. The van der Waals surface area contributed by atoms with Gasteiger partial charge in [0.05, 0.1) is 11.8 Å². The molecule has 1 N–H and O–H groups in total. The molecule has 0 fully saturated rings. The largest absolute Gasteiger partial charge is 0.441 e. The molecule has 0 radical (unpaired) electrons. The minimum atomic E-state index is -0.735. The van der Waals surface area contributed by atoms with E-state index in [0.717, 1.165) is 12.1 Å². The summed E-state index contributed by atoms with van der Waals surface area (Å²) in [5.74, 6) is -0.473. The van der Waals surface area contributed by atoms with Crippen molar-refractivity contribution in [2.24, 2.45) is 0 Å². The van der Waals surface area contributed by atoms with Crippen molar-refractivity contribution in [3.05, 3.63) is 53.6 Å². The van der Waals surface area contributed by atoms with Crippen LogP contribution < -0.4 is 5.32 Å². The fourth-order valence-electron chi connectivity index (χ4n) is 2.33. The van der Waals surface area contributed by atoms with Crippen molar-refractivity contribution in [3.8, 4) is 11.3 Å². The molecule has 9 heteroatoms. The second-order valence-electron chi connectivity index (χ2n) is 5.55. The number of hydrogen-bond donors (Lipinski definition) is 1. The molecule has 7 nitrogen and oxygen atoms in total. The van der Waals surface area contributed by atoms with Crippen molar-refractivity contribution in [2.75, 3.05) is 6.54 Å². The van der Waals surface area contributed by atoms with Crippen molar-refractivity contribution in [2.45, 2.75) is 26.2 Å². The molecule has 0 spiro atoms. The van der Waals surface area contributed by atoms with Gasteiger partial charge in [-0.05, 0) is 19.1 Å². The van der Waals surface area contributed by atoms with Crippen LogP contribution in [0.15, 0.2) is 33.3 Å². The van der Waals surface area contributed by atoms with E-state index < -0.39 is 11.6 Å². The molecule has 0 aliphatic carbocycles. The Kier molecular flexibility index (Phi) is 5.35. The summed E-state index contributed by atoms with van der Waals surface area (Å²) in [5, 5.41) is 6.37. The highest BCUT2D eigenvalue weighted by molar-refractivity contribution is 5.76. The third-order valence-corrected chi connectivity index (χ3v) is 3.56. The molecule has 3 rings (SSSR count). The normalized spacial score (nSPS) is 10.9. The van der Waals surface area contributed by atoms with Crippen LogP contribution in [-0.4, -0.2) is 27.6 Å².